The average molecular weight is 386 g/mol. The second kappa shape index (κ2) is 7.66. The minimum atomic E-state index is 0.401. The number of anilines is 1. The van der Waals surface area contributed by atoms with Crippen molar-refractivity contribution in [3.8, 4) is 5.75 Å². The largest absolute Gasteiger partial charge is 0.490 e. The first-order valence-corrected chi connectivity index (χ1v) is 7.82. The zero-order valence-electron chi connectivity index (χ0n) is 10.6. The molecular formula is C14H10Cl5NO. The molecule has 7 heteroatoms. The van der Waals surface area contributed by atoms with Crippen molar-refractivity contribution in [1.82, 2.24) is 0 Å². The van der Waals surface area contributed by atoms with Gasteiger partial charge in [-0.25, -0.2) is 0 Å². The van der Waals surface area contributed by atoms with Gasteiger partial charge in [-0.15, -0.1) is 0 Å². The van der Waals surface area contributed by atoms with Gasteiger partial charge in [0.15, 0.2) is 0 Å². The fourth-order valence-corrected chi connectivity index (χ4v) is 2.67. The van der Waals surface area contributed by atoms with Crippen molar-refractivity contribution in [2.75, 3.05) is 18.5 Å². The Hall–Kier alpha value is -0.510. The zero-order chi connectivity index (χ0) is 15.4. The molecule has 2 aromatic rings. The van der Waals surface area contributed by atoms with E-state index < -0.39 is 0 Å². The maximum Gasteiger partial charge on any atom is 0.138 e. The highest BCUT2D eigenvalue weighted by molar-refractivity contribution is 6.44. The van der Waals surface area contributed by atoms with Gasteiger partial charge < -0.3 is 10.1 Å². The van der Waals surface area contributed by atoms with Crippen molar-refractivity contribution in [1.29, 1.82) is 0 Å². The highest BCUT2D eigenvalue weighted by Gasteiger charge is 2.06. The van der Waals surface area contributed by atoms with Crippen LogP contribution in [0, 0.1) is 0 Å². The maximum absolute atomic E-state index is 6.06. The number of halogens is 5. The van der Waals surface area contributed by atoms with Crippen molar-refractivity contribution >= 4 is 63.7 Å². The van der Waals surface area contributed by atoms with E-state index in [-0.39, 0.29) is 0 Å². The Bertz CT molecular complexity index is 648. The quantitative estimate of drug-likeness (QED) is 0.472. The summed E-state index contributed by atoms with van der Waals surface area (Å²) in [6, 6.07) is 8.32. The molecular weight excluding hydrogens is 375 g/mol. The lowest BCUT2D eigenvalue weighted by Crippen LogP contribution is -2.12. The molecule has 2 aromatic carbocycles. The van der Waals surface area contributed by atoms with Crippen LogP contribution in [-0.4, -0.2) is 13.2 Å². The summed E-state index contributed by atoms with van der Waals surface area (Å²) in [6.45, 7) is 0.925. The minimum Gasteiger partial charge on any atom is -0.490 e. The van der Waals surface area contributed by atoms with Crippen molar-refractivity contribution in [2.24, 2.45) is 0 Å². The summed E-state index contributed by atoms with van der Waals surface area (Å²) in [4.78, 5) is 0. The molecule has 0 saturated heterocycles. The molecule has 0 unspecified atom stereocenters. The molecule has 21 heavy (non-hydrogen) atoms. The van der Waals surface area contributed by atoms with E-state index in [0.717, 1.165) is 0 Å². The molecule has 0 fully saturated rings. The lowest BCUT2D eigenvalue weighted by molar-refractivity contribution is 0.333. The van der Waals surface area contributed by atoms with Gasteiger partial charge in [-0.05, 0) is 30.3 Å². The number of benzene rings is 2. The minimum absolute atomic E-state index is 0.401. The van der Waals surface area contributed by atoms with Crippen LogP contribution in [0.5, 0.6) is 5.75 Å². The first kappa shape index (κ1) is 16.9. The Labute approximate surface area is 147 Å². The van der Waals surface area contributed by atoms with Gasteiger partial charge >= 0.3 is 0 Å². The summed E-state index contributed by atoms with van der Waals surface area (Å²) in [5.41, 5.74) is 0.692. The van der Waals surface area contributed by atoms with E-state index in [0.29, 0.717) is 49.7 Å². The van der Waals surface area contributed by atoms with Crippen molar-refractivity contribution in [2.45, 2.75) is 0 Å². The van der Waals surface area contributed by atoms with Crippen LogP contribution in [0.1, 0.15) is 0 Å². The van der Waals surface area contributed by atoms with Crippen LogP contribution in [0.4, 0.5) is 5.69 Å². The van der Waals surface area contributed by atoms with Gasteiger partial charge in [-0.2, -0.15) is 0 Å². The highest BCUT2D eigenvalue weighted by Crippen LogP contribution is 2.32. The lowest BCUT2D eigenvalue weighted by Gasteiger charge is -2.11. The molecule has 2 nitrogen and oxygen atoms in total. The standard InChI is InChI=1S/C14H10Cl5NO/c15-8-1-2-14(12(19)5-8)21-4-3-20-13-7-10(17)9(16)6-11(13)18/h1-2,5-7,20H,3-4H2. The molecule has 0 aliphatic heterocycles. The number of hydrogen-bond donors (Lipinski definition) is 1. The van der Waals surface area contributed by atoms with Gasteiger partial charge in [0, 0.05) is 11.6 Å². The molecule has 0 radical (unpaired) electrons. The van der Waals surface area contributed by atoms with E-state index in [4.69, 9.17) is 62.7 Å². The third-order valence-corrected chi connectivity index (χ3v) is 4.14. The first-order chi connectivity index (χ1) is 9.97. The van der Waals surface area contributed by atoms with Crippen molar-refractivity contribution < 1.29 is 4.74 Å². The Morgan fingerprint density at radius 3 is 2.24 bits per heavy atom. The molecule has 0 saturated carbocycles. The molecule has 0 spiro atoms. The summed E-state index contributed by atoms with van der Waals surface area (Å²) >= 11 is 29.7. The Balaban J connectivity index is 1.89. The molecule has 0 amide bonds. The molecule has 0 aliphatic carbocycles. The maximum atomic E-state index is 6.06. The van der Waals surface area contributed by atoms with Gasteiger partial charge in [0.05, 0.1) is 25.8 Å². The van der Waals surface area contributed by atoms with Crippen LogP contribution in [0.15, 0.2) is 30.3 Å². The smallest absolute Gasteiger partial charge is 0.138 e. The van der Waals surface area contributed by atoms with E-state index in [1.807, 2.05) is 0 Å². The molecule has 0 aliphatic rings. The van der Waals surface area contributed by atoms with Crippen LogP contribution in [-0.2, 0) is 0 Å². The van der Waals surface area contributed by atoms with Gasteiger partial charge in [-0.1, -0.05) is 58.0 Å². The van der Waals surface area contributed by atoms with Gasteiger partial charge in [0.25, 0.3) is 0 Å². The summed E-state index contributed by atoms with van der Waals surface area (Å²) in [5.74, 6) is 0.572. The van der Waals surface area contributed by atoms with E-state index >= 15 is 0 Å². The normalized spacial score (nSPS) is 10.5. The predicted octanol–water partition coefficient (Wildman–Crippen LogP) is 6.44. The second-order valence-electron chi connectivity index (χ2n) is 4.10. The first-order valence-electron chi connectivity index (χ1n) is 5.93. The molecule has 0 heterocycles. The van der Waals surface area contributed by atoms with Gasteiger partial charge in [-0.3, -0.25) is 0 Å². The molecule has 0 atom stereocenters. The third-order valence-electron chi connectivity index (χ3n) is 2.58. The number of hydrogen-bond acceptors (Lipinski definition) is 2. The van der Waals surface area contributed by atoms with Crippen molar-refractivity contribution in [3.05, 3.63) is 55.4 Å². The average Bonchev–Trinajstić information content (AvgIpc) is 2.42. The van der Waals surface area contributed by atoms with E-state index in [9.17, 15) is 0 Å². The number of ether oxygens (including phenoxy) is 1. The topological polar surface area (TPSA) is 21.3 Å². The summed E-state index contributed by atoms with van der Waals surface area (Å²) in [5, 5.41) is 5.49. The van der Waals surface area contributed by atoms with E-state index in [2.05, 4.69) is 5.32 Å². The Morgan fingerprint density at radius 2 is 1.52 bits per heavy atom. The van der Waals surface area contributed by atoms with Crippen LogP contribution in [0.3, 0.4) is 0 Å². The van der Waals surface area contributed by atoms with Crippen LogP contribution in [0.2, 0.25) is 25.1 Å². The highest BCUT2D eigenvalue weighted by atomic mass is 35.5. The van der Waals surface area contributed by atoms with Gasteiger partial charge in [0.1, 0.15) is 12.4 Å². The monoisotopic (exact) mass is 383 g/mol. The fraction of sp³-hybridized carbons (Fsp3) is 0.143. The lowest BCUT2D eigenvalue weighted by atomic mass is 10.3. The van der Waals surface area contributed by atoms with E-state index in [1.54, 1.807) is 30.3 Å². The zero-order valence-corrected chi connectivity index (χ0v) is 14.4. The molecule has 2 rings (SSSR count). The molecule has 1 N–H and O–H groups in total. The summed E-state index contributed by atoms with van der Waals surface area (Å²) < 4.78 is 5.55. The van der Waals surface area contributed by atoms with E-state index in [1.165, 1.54) is 0 Å². The second-order valence-corrected chi connectivity index (χ2v) is 6.16. The predicted molar refractivity (Wildman–Crippen MR) is 91.9 cm³/mol. The van der Waals surface area contributed by atoms with Crippen LogP contribution < -0.4 is 10.1 Å². The van der Waals surface area contributed by atoms with Crippen molar-refractivity contribution in [3.63, 3.8) is 0 Å². The van der Waals surface area contributed by atoms with Crippen LogP contribution >= 0.6 is 58.0 Å². The SMILES string of the molecule is Clc1ccc(OCCNc2cc(Cl)c(Cl)cc2Cl)c(Cl)c1. The van der Waals surface area contributed by atoms with Crippen LogP contribution in [0.25, 0.3) is 0 Å². The van der Waals surface area contributed by atoms with Gasteiger partial charge in [0.2, 0.25) is 0 Å². The fourth-order valence-electron chi connectivity index (χ4n) is 1.60. The summed E-state index contributed by atoms with van der Waals surface area (Å²) in [6.07, 6.45) is 0. The molecule has 112 valence electrons. The number of rotatable bonds is 5. The Kier molecular flexibility index (Phi) is 6.15. The number of nitrogens with one attached hydrogen (secondary N) is 1. The summed E-state index contributed by atoms with van der Waals surface area (Å²) in [7, 11) is 0. The molecule has 0 bridgehead atoms. The third kappa shape index (κ3) is 4.73. The Morgan fingerprint density at radius 1 is 0.810 bits per heavy atom. The molecule has 0 aromatic heterocycles.